The van der Waals surface area contributed by atoms with Crippen LogP contribution in [0.4, 0.5) is 0 Å². The van der Waals surface area contributed by atoms with E-state index >= 15 is 0 Å². The molecule has 1 saturated heterocycles. The number of nitrogens with one attached hydrogen (secondary N) is 4. The van der Waals surface area contributed by atoms with Gasteiger partial charge in [-0.2, -0.15) is 0 Å². The van der Waals surface area contributed by atoms with Crippen molar-refractivity contribution in [1.82, 2.24) is 21.3 Å². The first-order valence-electron chi connectivity index (χ1n) is 14.4. The summed E-state index contributed by atoms with van der Waals surface area (Å²) in [5, 5.41) is 30.3. The Morgan fingerprint density at radius 1 is 0.867 bits per heavy atom. The van der Waals surface area contributed by atoms with E-state index in [1.807, 2.05) is 6.07 Å². The number of carboxylic acids is 1. The van der Waals surface area contributed by atoms with Gasteiger partial charge in [0.15, 0.2) is 0 Å². The minimum Gasteiger partial charge on any atom is -0.508 e. The van der Waals surface area contributed by atoms with Crippen LogP contribution in [-0.2, 0) is 36.8 Å². The van der Waals surface area contributed by atoms with Gasteiger partial charge in [0.2, 0.25) is 23.6 Å². The molecule has 244 valence electrons. The third-order valence-electron chi connectivity index (χ3n) is 7.34. The van der Waals surface area contributed by atoms with E-state index in [0.29, 0.717) is 5.56 Å². The number of aromatic hydroxyl groups is 1. The third kappa shape index (κ3) is 9.87. The Labute approximate surface area is 270 Å². The highest BCUT2D eigenvalue weighted by Gasteiger charge is 2.45. The van der Waals surface area contributed by atoms with Crippen LogP contribution in [-0.4, -0.2) is 79.5 Å². The van der Waals surface area contributed by atoms with Gasteiger partial charge in [0.05, 0.1) is 10.8 Å². The number of phenolic OH excluding ortho intramolecular Hbond substituents is 1. The second-order valence-electron chi connectivity index (χ2n) is 12.1. The van der Waals surface area contributed by atoms with Gasteiger partial charge in [-0.15, -0.1) is 0 Å². The topological polar surface area (TPSA) is 200 Å². The van der Waals surface area contributed by atoms with Gasteiger partial charge in [-0.25, -0.2) is 4.79 Å². The molecule has 0 aliphatic carbocycles. The van der Waals surface area contributed by atoms with Crippen molar-refractivity contribution in [3.8, 4) is 5.75 Å². The first-order chi connectivity index (χ1) is 21.0. The standard InChI is InChI=1S/C31H41N5O7S2/c1-17-25(38)34-22(16-18-9-7-6-8-10-18)27(40)36-24(29(42)43)31(4,5)45-44-30(2,3)23(28(41)33-17)35-26(39)21(32)15-19-11-13-20(37)14-12-19/h6-14,17,21-24,37H,15-16,32H2,1-5H3,(H,33,41)(H,34,38)(H,35,39)(H,36,40)(H,42,43). The van der Waals surface area contributed by atoms with Crippen molar-refractivity contribution in [1.29, 1.82) is 0 Å². The Hall–Kier alpha value is -3.75. The lowest BCUT2D eigenvalue weighted by Crippen LogP contribution is -2.63. The van der Waals surface area contributed by atoms with Crippen LogP contribution in [0.25, 0.3) is 0 Å². The van der Waals surface area contributed by atoms with Crippen LogP contribution in [0.2, 0.25) is 0 Å². The zero-order chi connectivity index (χ0) is 33.5. The number of rotatable bonds is 7. The van der Waals surface area contributed by atoms with Crippen LogP contribution in [0.1, 0.15) is 45.7 Å². The van der Waals surface area contributed by atoms with Crippen molar-refractivity contribution in [3.05, 3.63) is 65.7 Å². The Morgan fingerprint density at radius 2 is 1.47 bits per heavy atom. The van der Waals surface area contributed by atoms with Gasteiger partial charge in [-0.3, -0.25) is 19.2 Å². The molecule has 2 aromatic carbocycles. The van der Waals surface area contributed by atoms with Crippen LogP contribution >= 0.6 is 21.6 Å². The first-order valence-corrected chi connectivity index (χ1v) is 16.5. The van der Waals surface area contributed by atoms with Gasteiger partial charge in [0, 0.05) is 11.2 Å². The molecule has 0 aromatic heterocycles. The Bertz CT molecular complexity index is 1390. The summed E-state index contributed by atoms with van der Waals surface area (Å²) in [6, 6.07) is 9.32. The molecular formula is C31H41N5O7S2. The lowest BCUT2D eigenvalue weighted by atomic mass is 9.99. The molecule has 45 heavy (non-hydrogen) atoms. The van der Waals surface area contributed by atoms with Gasteiger partial charge in [0.1, 0.15) is 29.9 Å². The quantitative estimate of drug-likeness (QED) is 0.214. The van der Waals surface area contributed by atoms with Crippen LogP contribution in [0.15, 0.2) is 54.6 Å². The summed E-state index contributed by atoms with van der Waals surface area (Å²) in [6.07, 6.45) is 0.218. The highest BCUT2D eigenvalue weighted by Crippen LogP contribution is 2.46. The van der Waals surface area contributed by atoms with Crippen molar-refractivity contribution in [2.75, 3.05) is 0 Å². The van der Waals surface area contributed by atoms with Crippen molar-refractivity contribution in [2.45, 2.75) is 87.2 Å². The highest BCUT2D eigenvalue weighted by atomic mass is 33.1. The molecule has 0 bridgehead atoms. The maximum Gasteiger partial charge on any atom is 0.327 e. The molecule has 1 aliphatic heterocycles. The molecule has 4 amide bonds. The predicted octanol–water partition coefficient (Wildman–Crippen LogP) is 1.50. The second kappa shape index (κ2) is 15.0. The number of phenols is 1. The summed E-state index contributed by atoms with van der Waals surface area (Å²) in [6.45, 7) is 8.17. The largest absolute Gasteiger partial charge is 0.508 e. The molecule has 1 aliphatic rings. The average molecular weight is 660 g/mol. The number of aliphatic carboxylic acids is 1. The molecule has 14 heteroatoms. The number of benzene rings is 2. The van der Waals surface area contributed by atoms with Gasteiger partial charge in [-0.05, 0) is 64.3 Å². The third-order valence-corrected chi connectivity index (χ3v) is 11.6. The van der Waals surface area contributed by atoms with E-state index in [2.05, 4.69) is 21.3 Å². The zero-order valence-electron chi connectivity index (χ0n) is 25.8. The van der Waals surface area contributed by atoms with Crippen molar-refractivity contribution in [3.63, 3.8) is 0 Å². The molecule has 12 nitrogen and oxygen atoms in total. The number of hydrogen-bond acceptors (Lipinski definition) is 9. The van der Waals surface area contributed by atoms with Crippen LogP contribution in [0, 0.1) is 0 Å². The monoisotopic (exact) mass is 659 g/mol. The molecule has 8 N–H and O–H groups in total. The van der Waals surface area contributed by atoms with Gasteiger partial charge in [-0.1, -0.05) is 64.1 Å². The number of hydrogen-bond donors (Lipinski definition) is 7. The van der Waals surface area contributed by atoms with Crippen LogP contribution < -0.4 is 27.0 Å². The number of amides is 4. The van der Waals surface area contributed by atoms with Crippen LogP contribution in [0.5, 0.6) is 5.75 Å². The molecule has 2 aromatic rings. The van der Waals surface area contributed by atoms with Crippen molar-refractivity contribution >= 4 is 51.2 Å². The molecule has 0 radical (unpaired) electrons. The molecule has 1 heterocycles. The average Bonchev–Trinajstić information content (AvgIpc) is 2.97. The Kier molecular flexibility index (Phi) is 11.9. The van der Waals surface area contributed by atoms with E-state index < -0.39 is 69.3 Å². The summed E-state index contributed by atoms with van der Waals surface area (Å²) in [7, 11) is 2.32. The van der Waals surface area contributed by atoms with E-state index in [9.17, 15) is 34.2 Å². The number of carbonyl (C=O) groups excluding carboxylic acids is 4. The van der Waals surface area contributed by atoms with E-state index in [-0.39, 0.29) is 18.6 Å². The second-order valence-corrected chi connectivity index (χ2v) is 15.5. The Morgan fingerprint density at radius 3 is 2.07 bits per heavy atom. The summed E-state index contributed by atoms with van der Waals surface area (Å²) in [4.78, 5) is 66.2. The van der Waals surface area contributed by atoms with Crippen LogP contribution in [0.3, 0.4) is 0 Å². The fourth-order valence-corrected chi connectivity index (χ4v) is 7.40. The minimum absolute atomic E-state index is 0.0709. The molecule has 0 saturated carbocycles. The minimum atomic E-state index is -1.37. The summed E-state index contributed by atoms with van der Waals surface area (Å²) in [5.74, 6) is -3.82. The maximum atomic E-state index is 13.7. The molecule has 1 fully saturated rings. The van der Waals surface area contributed by atoms with E-state index in [0.717, 1.165) is 16.4 Å². The van der Waals surface area contributed by atoms with Crippen molar-refractivity contribution in [2.24, 2.45) is 5.73 Å². The predicted molar refractivity (Wildman–Crippen MR) is 174 cm³/mol. The SMILES string of the molecule is CC1NC(=O)C(NC(=O)C(N)Cc2ccc(O)cc2)C(C)(C)SSC(C)(C)C(C(=O)O)NC(=O)C(Cc2ccccc2)NC1=O. The smallest absolute Gasteiger partial charge is 0.327 e. The van der Waals surface area contributed by atoms with Gasteiger partial charge in [0.25, 0.3) is 0 Å². The summed E-state index contributed by atoms with van der Waals surface area (Å²) >= 11 is 0. The first kappa shape index (κ1) is 35.7. The highest BCUT2D eigenvalue weighted by molar-refractivity contribution is 8.77. The van der Waals surface area contributed by atoms with E-state index in [1.54, 1.807) is 64.1 Å². The fourth-order valence-electron chi connectivity index (χ4n) is 4.59. The van der Waals surface area contributed by atoms with Gasteiger partial charge >= 0.3 is 5.97 Å². The number of carbonyl (C=O) groups is 5. The maximum absolute atomic E-state index is 13.7. The lowest BCUT2D eigenvalue weighted by Gasteiger charge is -2.38. The molecule has 3 rings (SSSR count). The van der Waals surface area contributed by atoms with Gasteiger partial charge < -0.3 is 37.2 Å². The summed E-state index contributed by atoms with van der Waals surface area (Å²) < 4.78 is -2.16. The zero-order valence-corrected chi connectivity index (χ0v) is 27.5. The molecule has 5 atom stereocenters. The lowest BCUT2D eigenvalue weighted by molar-refractivity contribution is -0.143. The molecule has 5 unspecified atom stereocenters. The molecule has 0 spiro atoms. The number of carboxylic acid groups (broad SMARTS) is 1. The van der Waals surface area contributed by atoms with E-state index in [4.69, 9.17) is 5.73 Å². The summed E-state index contributed by atoms with van der Waals surface area (Å²) in [5.41, 5.74) is 7.63. The molecular weight excluding hydrogens is 619 g/mol. The van der Waals surface area contributed by atoms with E-state index in [1.165, 1.54) is 29.9 Å². The number of nitrogens with two attached hydrogens (primary N) is 1. The Balaban J connectivity index is 1.93. The van der Waals surface area contributed by atoms with Crippen molar-refractivity contribution < 1.29 is 34.2 Å². The fraction of sp³-hybridized carbons (Fsp3) is 0.452. The normalized spacial score (nSPS) is 24.6.